The lowest BCUT2D eigenvalue weighted by molar-refractivity contribution is 0.252. The minimum Gasteiger partial charge on any atom is -0.295 e. The average Bonchev–Trinajstić information content (AvgIpc) is 2.43. The second-order valence-electron chi connectivity index (χ2n) is 4.86. The van der Waals surface area contributed by atoms with Gasteiger partial charge in [-0.15, -0.1) is 0 Å². The standard InChI is InChI=1S/C16H16BrClFN/c1-11(12-5-3-7-14(18)9-12)20(2)10-13-6-4-8-15(19)16(13)17/h3-9,11H,10H2,1-2H3. The molecule has 0 bridgehead atoms. The lowest BCUT2D eigenvalue weighted by Gasteiger charge is -2.25. The molecule has 106 valence electrons. The third-order valence-corrected chi connectivity index (χ3v) is 4.57. The van der Waals surface area contributed by atoms with Crippen molar-refractivity contribution in [3.05, 3.63) is 68.9 Å². The van der Waals surface area contributed by atoms with Gasteiger partial charge in [0, 0.05) is 17.6 Å². The first-order valence-electron chi connectivity index (χ1n) is 6.37. The van der Waals surface area contributed by atoms with Crippen molar-refractivity contribution in [3.8, 4) is 0 Å². The molecule has 2 aromatic carbocycles. The van der Waals surface area contributed by atoms with E-state index in [1.807, 2.05) is 37.4 Å². The van der Waals surface area contributed by atoms with Crippen LogP contribution in [0, 0.1) is 5.82 Å². The maximum absolute atomic E-state index is 13.5. The number of halogens is 3. The minimum absolute atomic E-state index is 0.198. The molecule has 0 radical (unpaired) electrons. The molecule has 0 aliphatic rings. The van der Waals surface area contributed by atoms with E-state index in [1.54, 1.807) is 6.07 Å². The maximum Gasteiger partial charge on any atom is 0.137 e. The Morgan fingerprint density at radius 2 is 1.95 bits per heavy atom. The van der Waals surface area contributed by atoms with Crippen LogP contribution in [0.4, 0.5) is 4.39 Å². The first kappa shape index (κ1) is 15.5. The van der Waals surface area contributed by atoms with Gasteiger partial charge in [-0.25, -0.2) is 4.39 Å². The van der Waals surface area contributed by atoms with E-state index in [0.29, 0.717) is 11.0 Å². The lowest BCUT2D eigenvalue weighted by Crippen LogP contribution is -2.22. The van der Waals surface area contributed by atoms with E-state index >= 15 is 0 Å². The summed E-state index contributed by atoms with van der Waals surface area (Å²) < 4.78 is 14.1. The van der Waals surface area contributed by atoms with Crippen LogP contribution >= 0.6 is 27.5 Å². The predicted molar refractivity (Wildman–Crippen MR) is 85.4 cm³/mol. The molecule has 2 aromatic rings. The highest BCUT2D eigenvalue weighted by Gasteiger charge is 2.14. The summed E-state index contributed by atoms with van der Waals surface area (Å²) in [5.74, 6) is -0.230. The van der Waals surface area contributed by atoms with Gasteiger partial charge >= 0.3 is 0 Å². The Morgan fingerprint density at radius 1 is 1.25 bits per heavy atom. The van der Waals surface area contributed by atoms with E-state index in [1.165, 1.54) is 6.07 Å². The van der Waals surface area contributed by atoms with Crippen molar-refractivity contribution in [1.82, 2.24) is 4.90 Å². The molecule has 0 spiro atoms. The van der Waals surface area contributed by atoms with Gasteiger partial charge in [-0.1, -0.05) is 35.9 Å². The Balaban J connectivity index is 2.15. The third kappa shape index (κ3) is 3.60. The fraction of sp³-hybridized carbons (Fsp3) is 0.250. The van der Waals surface area contributed by atoms with Crippen LogP contribution in [-0.4, -0.2) is 11.9 Å². The highest BCUT2D eigenvalue weighted by molar-refractivity contribution is 9.10. The van der Waals surface area contributed by atoms with Crippen LogP contribution in [0.25, 0.3) is 0 Å². The van der Waals surface area contributed by atoms with Crippen molar-refractivity contribution in [3.63, 3.8) is 0 Å². The zero-order valence-corrected chi connectivity index (χ0v) is 13.7. The molecule has 1 nitrogen and oxygen atoms in total. The molecule has 0 N–H and O–H groups in total. The second-order valence-corrected chi connectivity index (χ2v) is 6.09. The van der Waals surface area contributed by atoms with E-state index in [9.17, 15) is 4.39 Å². The molecule has 0 amide bonds. The lowest BCUT2D eigenvalue weighted by atomic mass is 10.1. The van der Waals surface area contributed by atoms with Crippen molar-refractivity contribution in [2.24, 2.45) is 0 Å². The van der Waals surface area contributed by atoms with E-state index in [0.717, 1.165) is 16.1 Å². The number of hydrogen-bond donors (Lipinski definition) is 0. The summed E-state index contributed by atoms with van der Waals surface area (Å²) in [5.41, 5.74) is 2.08. The SMILES string of the molecule is CC(c1cccc(Cl)c1)N(C)Cc1cccc(F)c1Br. The molecule has 1 unspecified atom stereocenters. The van der Waals surface area contributed by atoms with Gasteiger partial charge in [0.25, 0.3) is 0 Å². The van der Waals surface area contributed by atoms with Crippen molar-refractivity contribution >= 4 is 27.5 Å². The largest absolute Gasteiger partial charge is 0.295 e. The fourth-order valence-corrected chi connectivity index (χ4v) is 2.69. The van der Waals surface area contributed by atoms with E-state index in [-0.39, 0.29) is 11.9 Å². The van der Waals surface area contributed by atoms with Gasteiger partial charge in [0.1, 0.15) is 5.82 Å². The monoisotopic (exact) mass is 355 g/mol. The zero-order chi connectivity index (χ0) is 14.7. The molecular weight excluding hydrogens is 341 g/mol. The average molecular weight is 357 g/mol. The highest BCUT2D eigenvalue weighted by Crippen LogP contribution is 2.26. The Kier molecular flexibility index (Phi) is 5.19. The van der Waals surface area contributed by atoms with Crippen LogP contribution in [0.3, 0.4) is 0 Å². The highest BCUT2D eigenvalue weighted by atomic mass is 79.9. The Morgan fingerprint density at radius 3 is 2.65 bits per heavy atom. The molecule has 0 fully saturated rings. The van der Waals surface area contributed by atoms with Gasteiger partial charge in [0.05, 0.1) is 4.47 Å². The number of hydrogen-bond acceptors (Lipinski definition) is 1. The molecule has 0 aromatic heterocycles. The van der Waals surface area contributed by atoms with Gasteiger partial charge < -0.3 is 0 Å². The molecular formula is C16H16BrClFN. The molecule has 0 saturated heterocycles. The Labute approximate surface area is 132 Å². The quantitative estimate of drug-likeness (QED) is 0.705. The number of benzene rings is 2. The summed E-state index contributed by atoms with van der Waals surface area (Å²) in [5, 5.41) is 0.731. The Hall–Kier alpha value is -0.900. The van der Waals surface area contributed by atoms with Crippen molar-refractivity contribution in [2.45, 2.75) is 19.5 Å². The molecule has 20 heavy (non-hydrogen) atoms. The van der Waals surface area contributed by atoms with Crippen molar-refractivity contribution in [2.75, 3.05) is 7.05 Å². The molecule has 2 rings (SSSR count). The topological polar surface area (TPSA) is 3.24 Å². The second kappa shape index (κ2) is 6.70. The molecule has 1 atom stereocenters. The van der Waals surface area contributed by atoms with Crippen LogP contribution in [-0.2, 0) is 6.54 Å². The van der Waals surface area contributed by atoms with Crippen LogP contribution in [0.1, 0.15) is 24.1 Å². The number of nitrogens with zero attached hydrogens (tertiary/aromatic N) is 1. The van der Waals surface area contributed by atoms with Crippen LogP contribution in [0.5, 0.6) is 0 Å². The zero-order valence-electron chi connectivity index (χ0n) is 11.4. The first-order valence-corrected chi connectivity index (χ1v) is 7.54. The van der Waals surface area contributed by atoms with Gasteiger partial charge in [-0.3, -0.25) is 4.90 Å². The van der Waals surface area contributed by atoms with Crippen molar-refractivity contribution < 1.29 is 4.39 Å². The van der Waals surface area contributed by atoms with Crippen molar-refractivity contribution in [1.29, 1.82) is 0 Å². The van der Waals surface area contributed by atoms with Crippen LogP contribution in [0.2, 0.25) is 5.02 Å². The molecule has 0 aliphatic heterocycles. The van der Waals surface area contributed by atoms with Gasteiger partial charge in [-0.05, 0) is 59.2 Å². The summed E-state index contributed by atoms with van der Waals surface area (Å²) in [7, 11) is 2.02. The van der Waals surface area contributed by atoms with Gasteiger partial charge in [-0.2, -0.15) is 0 Å². The summed E-state index contributed by atoms with van der Waals surface area (Å²) in [6, 6.07) is 13.1. The first-order chi connectivity index (χ1) is 9.49. The van der Waals surface area contributed by atoms with Crippen LogP contribution < -0.4 is 0 Å². The van der Waals surface area contributed by atoms with Crippen LogP contribution in [0.15, 0.2) is 46.9 Å². The van der Waals surface area contributed by atoms with E-state index in [2.05, 4.69) is 27.8 Å². The summed E-state index contributed by atoms with van der Waals surface area (Å²) in [4.78, 5) is 2.16. The maximum atomic E-state index is 13.5. The smallest absolute Gasteiger partial charge is 0.137 e. The summed E-state index contributed by atoms with van der Waals surface area (Å²) in [6.07, 6.45) is 0. The van der Waals surface area contributed by atoms with E-state index < -0.39 is 0 Å². The summed E-state index contributed by atoms with van der Waals surface area (Å²) in [6.45, 7) is 2.77. The molecule has 0 heterocycles. The third-order valence-electron chi connectivity index (χ3n) is 3.44. The Bertz CT molecular complexity index is 603. The molecule has 0 saturated carbocycles. The van der Waals surface area contributed by atoms with Gasteiger partial charge in [0.15, 0.2) is 0 Å². The predicted octanol–water partition coefficient (Wildman–Crippen LogP) is 5.43. The normalized spacial score (nSPS) is 12.7. The number of rotatable bonds is 4. The van der Waals surface area contributed by atoms with E-state index in [4.69, 9.17) is 11.6 Å². The fourth-order valence-electron chi connectivity index (χ4n) is 2.10. The summed E-state index contributed by atoms with van der Waals surface area (Å²) >= 11 is 9.33. The minimum atomic E-state index is -0.230. The van der Waals surface area contributed by atoms with Gasteiger partial charge in [0.2, 0.25) is 0 Å². The molecule has 4 heteroatoms. The molecule has 0 aliphatic carbocycles.